The number of rotatable bonds is 4. The summed E-state index contributed by atoms with van der Waals surface area (Å²) in [5, 5.41) is 7.71. The molecule has 4 nitrogen and oxygen atoms in total. The Bertz CT molecular complexity index is 567. The predicted molar refractivity (Wildman–Crippen MR) is 96.0 cm³/mol. The van der Waals surface area contributed by atoms with Crippen LogP contribution in [0.3, 0.4) is 0 Å². The van der Waals surface area contributed by atoms with Gasteiger partial charge in [-0.05, 0) is 63.7 Å². The monoisotopic (exact) mass is 340 g/mol. The molecule has 1 atom stereocenters. The molecule has 0 saturated heterocycles. The Balaban J connectivity index is 2.31. The molecule has 0 radical (unpaired) electrons. The molecule has 0 spiro atoms. The van der Waals surface area contributed by atoms with Crippen molar-refractivity contribution in [2.24, 2.45) is 5.92 Å². The average molecular weight is 341 g/mol. The van der Waals surface area contributed by atoms with Crippen LogP contribution in [0.1, 0.15) is 54.9 Å². The molecule has 1 aromatic rings. The summed E-state index contributed by atoms with van der Waals surface area (Å²) < 4.78 is 5.25. The van der Waals surface area contributed by atoms with E-state index in [1.165, 1.54) is 4.88 Å². The molecule has 0 amide bonds. The number of hydrogen-bond donors (Lipinski definition) is 2. The molecule has 0 bridgehead atoms. The van der Waals surface area contributed by atoms with Crippen LogP contribution in [-0.2, 0) is 17.6 Å². The smallest absolute Gasteiger partial charge is 0.341 e. The molecule has 0 aromatic carbocycles. The standard InChI is InChI=1S/C16H24N2O2S2/c1-5-20-15(19)13-11-7-6-10(4)8-12(11)22-14(13)18-16(21)17-9(2)3/h9-10H,5-8H2,1-4H3,(H2,17,18,21)/t10-/m1/s1. The van der Waals surface area contributed by atoms with Crippen LogP contribution in [0, 0.1) is 5.92 Å². The van der Waals surface area contributed by atoms with Crippen LogP contribution < -0.4 is 10.6 Å². The van der Waals surface area contributed by atoms with E-state index in [9.17, 15) is 4.79 Å². The van der Waals surface area contributed by atoms with Gasteiger partial charge in [0.1, 0.15) is 5.00 Å². The number of thiocarbonyl (C=S) groups is 1. The van der Waals surface area contributed by atoms with E-state index in [-0.39, 0.29) is 12.0 Å². The first-order chi connectivity index (χ1) is 10.4. The minimum atomic E-state index is -0.246. The van der Waals surface area contributed by atoms with Crippen molar-refractivity contribution in [1.29, 1.82) is 0 Å². The number of carbonyl (C=O) groups excluding carboxylic acids is 1. The van der Waals surface area contributed by atoms with Gasteiger partial charge in [0.25, 0.3) is 0 Å². The lowest BCUT2D eigenvalue weighted by atomic mass is 9.88. The van der Waals surface area contributed by atoms with Gasteiger partial charge in [-0.15, -0.1) is 11.3 Å². The largest absolute Gasteiger partial charge is 0.462 e. The van der Waals surface area contributed by atoms with Crippen LogP contribution in [0.15, 0.2) is 0 Å². The fraction of sp³-hybridized carbons (Fsp3) is 0.625. The second-order valence-corrected chi connectivity index (χ2v) is 7.54. The van der Waals surface area contributed by atoms with Gasteiger partial charge in [-0.2, -0.15) is 0 Å². The summed E-state index contributed by atoms with van der Waals surface area (Å²) in [5.41, 5.74) is 1.83. The first kappa shape index (κ1) is 17.2. The van der Waals surface area contributed by atoms with Crippen molar-refractivity contribution in [3.05, 3.63) is 16.0 Å². The number of carbonyl (C=O) groups is 1. The van der Waals surface area contributed by atoms with Gasteiger partial charge in [0.15, 0.2) is 5.11 Å². The number of hydrogen-bond acceptors (Lipinski definition) is 4. The van der Waals surface area contributed by atoms with E-state index in [1.54, 1.807) is 11.3 Å². The summed E-state index contributed by atoms with van der Waals surface area (Å²) in [6.45, 7) is 8.53. The lowest BCUT2D eigenvalue weighted by Crippen LogP contribution is -2.34. The highest BCUT2D eigenvalue weighted by atomic mass is 32.1. The van der Waals surface area contributed by atoms with Crippen LogP contribution in [0.5, 0.6) is 0 Å². The second-order valence-electron chi connectivity index (χ2n) is 6.03. The van der Waals surface area contributed by atoms with Gasteiger partial charge >= 0.3 is 5.97 Å². The van der Waals surface area contributed by atoms with Gasteiger partial charge in [-0.1, -0.05) is 6.92 Å². The quantitative estimate of drug-likeness (QED) is 0.646. The van der Waals surface area contributed by atoms with E-state index < -0.39 is 0 Å². The average Bonchev–Trinajstić information content (AvgIpc) is 2.74. The summed E-state index contributed by atoms with van der Waals surface area (Å²) in [6, 6.07) is 0.251. The second kappa shape index (κ2) is 7.42. The van der Waals surface area contributed by atoms with Crippen molar-refractivity contribution in [3.63, 3.8) is 0 Å². The molecule has 0 aliphatic heterocycles. The minimum Gasteiger partial charge on any atom is -0.462 e. The third-order valence-corrected chi connectivity index (χ3v) is 5.03. The number of fused-ring (bicyclic) bond motifs is 1. The summed E-state index contributed by atoms with van der Waals surface area (Å²) in [6.07, 6.45) is 3.08. The summed E-state index contributed by atoms with van der Waals surface area (Å²) in [4.78, 5) is 13.7. The Kier molecular flexibility index (Phi) is 5.81. The van der Waals surface area contributed by atoms with Gasteiger partial charge in [-0.25, -0.2) is 4.79 Å². The van der Waals surface area contributed by atoms with Gasteiger partial charge < -0.3 is 15.4 Å². The highest BCUT2D eigenvalue weighted by Gasteiger charge is 2.28. The zero-order valence-corrected chi connectivity index (χ0v) is 15.2. The number of thiophene rings is 1. The third-order valence-electron chi connectivity index (χ3n) is 3.64. The van der Waals surface area contributed by atoms with Crippen LogP contribution in [0.4, 0.5) is 5.00 Å². The summed E-state index contributed by atoms with van der Waals surface area (Å²) in [5.74, 6) is 0.416. The fourth-order valence-electron chi connectivity index (χ4n) is 2.66. The molecule has 0 unspecified atom stereocenters. The molecule has 22 heavy (non-hydrogen) atoms. The minimum absolute atomic E-state index is 0.246. The molecule has 1 heterocycles. The Morgan fingerprint density at radius 2 is 2.23 bits per heavy atom. The molecule has 1 aliphatic carbocycles. The molecule has 0 fully saturated rings. The maximum atomic E-state index is 12.4. The first-order valence-corrected chi connectivity index (χ1v) is 9.04. The maximum Gasteiger partial charge on any atom is 0.341 e. The topological polar surface area (TPSA) is 50.4 Å². The molecule has 2 rings (SSSR count). The lowest BCUT2D eigenvalue weighted by molar-refractivity contribution is 0.0526. The molecule has 2 N–H and O–H groups in total. The normalized spacial score (nSPS) is 17.0. The zero-order chi connectivity index (χ0) is 16.3. The third kappa shape index (κ3) is 3.98. The zero-order valence-electron chi connectivity index (χ0n) is 13.6. The first-order valence-electron chi connectivity index (χ1n) is 7.81. The van der Waals surface area contributed by atoms with Crippen molar-refractivity contribution < 1.29 is 9.53 Å². The van der Waals surface area contributed by atoms with Crippen LogP contribution in [-0.4, -0.2) is 23.7 Å². The fourth-order valence-corrected chi connectivity index (χ4v) is 4.47. The molecule has 1 aromatic heterocycles. The Labute approximate surface area is 141 Å². The SMILES string of the molecule is CCOC(=O)c1c(NC(=S)NC(C)C)sc2c1CC[C@@H](C)C2. The van der Waals surface area contributed by atoms with E-state index in [0.717, 1.165) is 29.8 Å². The summed E-state index contributed by atoms with van der Waals surface area (Å²) >= 11 is 6.96. The van der Waals surface area contributed by atoms with Crippen LogP contribution in [0.2, 0.25) is 0 Å². The van der Waals surface area contributed by atoms with Gasteiger partial charge in [0.05, 0.1) is 12.2 Å². The molecule has 6 heteroatoms. The van der Waals surface area contributed by atoms with Crippen LogP contribution >= 0.6 is 23.6 Å². The van der Waals surface area contributed by atoms with Crippen molar-refractivity contribution in [2.75, 3.05) is 11.9 Å². The Hall–Kier alpha value is -1.14. The van der Waals surface area contributed by atoms with Crippen molar-refractivity contribution in [2.45, 2.75) is 53.0 Å². The predicted octanol–water partition coefficient (Wildman–Crippen LogP) is 3.74. The molecular weight excluding hydrogens is 316 g/mol. The molecular formula is C16H24N2O2S2. The molecule has 122 valence electrons. The van der Waals surface area contributed by atoms with Gasteiger partial charge in [0, 0.05) is 10.9 Å². The molecule has 0 saturated carbocycles. The van der Waals surface area contributed by atoms with E-state index in [1.807, 2.05) is 20.8 Å². The number of anilines is 1. The van der Waals surface area contributed by atoms with Crippen molar-refractivity contribution in [3.8, 4) is 0 Å². The number of ether oxygens (including phenoxy) is 1. The number of esters is 1. The van der Waals surface area contributed by atoms with Crippen LogP contribution in [0.25, 0.3) is 0 Å². The number of nitrogens with one attached hydrogen (secondary N) is 2. The highest BCUT2D eigenvalue weighted by molar-refractivity contribution is 7.80. The van der Waals surface area contributed by atoms with E-state index >= 15 is 0 Å². The summed E-state index contributed by atoms with van der Waals surface area (Å²) in [7, 11) is 0. The Morgan fingerprint density at radius 3 is 2.86 bits per heavy atom. The van der Waals surface area contributed by atoms with Crippen molar-refractivity contribution >= 4 is 39.6 Å². The van der Waals surface area contributed by atoms with E-state index in [4.69, 9.17) is 17.0 Å². The molecule has 1 aliphatic rings. The lowest BCUT2D eigenvalue weighted by Gasteiger charge is -2.18. The van der Waals surface area contributed by atoms with Crippen molar-refractivity contribution in [1.82, 2.24) is 5.32 Å². The Morgan fingerprint density at radius 1 is 1.50 bits per heavy atom. The maximum absolute atomic E-state index is 12.4. The van der Waals surface area contributed by atoms with Gasteiger partial charge in [-0.3, -0.25) is 0 Å². The van der Waals surface area contributed by atoms with E-state index in [0.29, 0.717) is 23.2 Å². The van der Waals surface area contributed by atoms with E-state index in [2.05, 4.69) is 17.6 Å². The van der Waals surface area contributed by atoms with Gasteiger partial charge in [0.2, 0.25) is 0 Å². The highest BCUT2D eigenvalue weighted by Crippen LogP contribution is 2.40.